The van der Waals surface area contributed by atoms with E-state index in [2.05, 4.69) is 0 Å². The number of ether oxygens (including phenoxy) is 2. The molecule has 1 aliphatic carbocycles. The van der Waals surface area contributed by atoms with Crippen molar-refractivity contribution in [1.29, 1.82) is 0 Å². The minimum Gasteiger partial charge on any atom is -0.497 e. The first kappa shape index (κ1) is 15.3. The van der Waals surface area contributed by atoms with Gasteiger partial charge in [-0.05, 0) is 60.9 Å². The number of ketones is 2. The van der Waals surface area contributed by atoms with Gasteiger partial charge in [-0.2, -0.15) is 0 Å². The molecule has 3 rings (SSSR count). The average Bonchev–Trinajstić information content (AvgIpc) is 2.61. The predicted octanol–water partition coefficient (Wildman–Crippen LogP) is 3.33. The van der Waals surface area contributed by atoms with Crippen LogP contribution in [0.5, 0.6) is 11.5 Å². The van der Waals surface area contributed by atoms with E-state index < -0.39 is 5.92 Å². The van der Waals surface area contributed by atoms with Gasteiger partial charge in [0.25, 0.3) is 0 Å². The Bertz CT molecular complexity index is 746. The first-order valence-electron chi connectivity index (χ1n) is 7.53. The highest BCUT2D eigenvalue weighted by atomic mass is 16.5. The molecule has 0 aliphatic heterocycles. The fourth-order valence-electron chi connectivity index (χ4n) is 2.97. The number of benzene rings is 2. The van der Waals surface area contributed by atoms with Crippen LogP contribution in [0.4, 0.5) is 0 Å². The molecule has 118 valence electrons. The summed E-state index contributed by atoms with van der Waals surface area (Å²) in [5.41, 5.74) is 2.12. The van der Waals surface area contributed by atoms with Crippen LogP contribution in [0, 0.1) is 5.92 Å². The summed E-state index contributed by atoms with van der Waals surface area (Å²) >= 11 is 0. The van der Waals surface area contributed by atoms with E-state index in [9.17, 15) is 9.59 Å². The van der Waals surface area contributed by atoms with E-state index >= 15 is 0 Å². The number of methoxy groups -OCH3 is 2. The van der Waals surface area contributed by atoms with Gasteiger partial charge in [-0.25, -0.2) is 0 Å². The van der Waals surface area contributed by atoms with Gasteiger partial charge in [0.1, 0.15) is 11.5 Å². The highest BCUT2D eigenvalue weighted by molar-refractivity contribution is 6.17. The van der Waals surface area contributed by atoms with Gasteiger partial charge in [0.05, 0.1) is 20.1 Å². The lowest BCUT2D eigenvalue weighted by Gasteiger charge is -2.23. The Labute approximate surface area is 135 Å². The Morgan fingerprint density at radius 2 is 1.65 bits per heavy atom. The number of carbonyl (C=O) groups is 2. The molecule has 23 heavy (non-hydrogen) atoms. The van der Waals surface area contributed by atoms with Gasteiger partial charge in [-0.15, -0.1) is 0 Å². The maximum Gasteiger partial charge on any atom is 0.173 e. The van der Waals surface area contributed by atoms with Crippen molar-refractivity contribution in [1.82, 2.24) is 0 Å². The zero-order valence-corrected chi connectivity index (χ0v) is 13.2. The second-order valence-corrected chi connectivity index (χ2v) is 5.57. The topological polar surface area (TPSA) is 52.6 Å². The molecule has 0 aromatic heterocycles. The first-order chi connectivity index (χ1) is 11.1. The number of Topliss-reactive ketones (excluding diaryl/α,β-unsaturated/α-hetero) is 2. The summed E-state index contributed by atoms with van der Waals surface area (Å²) < 4.78 is 10.3. The summed E-state index contributed by atoms with van der Waals surface area (Å²) in [6.45, 7) is 0. The molecule has 2 aromatic carbocycles. The Hall–Kier alpha value is -2.62. The Morgan fingerprint density at radius 3 is 2.30 bits per heavy atom. The molecule has 1 atom stereocenters. The zero-order chi connectivity index (χ0) is 16.4. The van der Waals surface area contributed by atoms with Crippen molar-refractivity contribution in [2.75, 3.05) is 14.2 Å². The van der Waals surface area contributed by atoms with E-state index in [4.69, 9.17) is 9.47 Å². The lowest BCUT2D eigenvalue weighted by atomic mass is 9.79. The minimum absolute atomic E-state index is 0.102. The highest BCUT2D eigenvalue weighted by Gasteiger charge is 2.33. The van der Waals surface area contributed by atoms with Crippen LogP contribution in [0.25, 0.3) is 0 Å². The van der Waals surface area contributed by atoms with E-state index in [-0.39, 0.29) is 11.6 Å². The van der Waals surface area contributed by atoms with Crippen LogP contribution in [-0.4, -0.2) is 25.8 Å². The van der Waals surface area contributed by atoms with E-state index in [0.717, 1.165) is 11.3 Å². The minimum atomic E-state index is -0.607. The van der Waals surface area contributed by atoms with Crippen molar-refractivity contribution in [3.05, 3.63) is 59.2 Å². The van der Waals surface area contributed by atoms with Gasteiger partial charge in [-0.3, -0.25) is 9.59 Å². The average molecular weight is 310 g/mol. The van der Waals surface area contributed by atoms with Crippen LogP contribution in [0.15, 0.2) is 42.5 Å². The van der Waals surface area contributed by atoms with Crippen molar-refractivity contribution in [3.63, 3.8) is 0 Å². The van der Waals surface area contributed by atoms with Gasteiger partial charge in [-0.1, -0.05) is 0 Å². The standard InChI is InChI=1S/C19H18O4/c1-22-14-6-3-12(4-7-14)18(20)17-9-5-13-11-15(23-2)8-10-16(13)19(17)21/h3-4,6-8,10-11,17H,5,9H2,1-2H3. The van der Waals surface area contributed by atoms with Gasteiger partial charge in [0.2, 0.25) is 0 Å². The predicted molar refractivity (Wildman–Crippen MR) is 86.5 cm³/mol. The molecular weight excluding hydrogens is 292 g/mol. The quantitative estimate of drug-likeness (QED) is 0.642. The fourth-order valence-corrected chi connectivity index (χ4v) is 2.97. The molecule has 4 heteroatoms. The normalized spacial score (nSPS) is 16.6. The molecule has 0 radical (unpaired) electrons. The maximum absolute atomic E-state index is 12.7. The monoisotopic (exact) mass is 310 g/mol. The number of aryl methyl sites for hydroxylation is 1. The Morgan fingerprint density at radius 1 is 1.00 bits per heavy atom. The van der Waals surface area contributed by atoms with Gasteiger partial charge in [0.15, 0.2) is 11.6 Å². The number of fused-ring (bicyclic) bond motifs is 1. The molecule has 0 amide bonds. The van der Waals surface area contributed by atoms with Crippen molar-refractivity contribution in [2.45, 2.75) is 12.8 Å². The number of rotatable bonds is 4. The summed E-state index contributed by atoms with van der Waals surface area (Å²) in [5.74, 6) is 0.587. The first-order valence-corrected chi connectivity index (χ1v) is 7.53. The molecule has 0 fully saturated rings. The molecule has 0 spiro atoms. The Balaban J connectivity index is 1.86. The van der Waals surface area contributed by atoms with Crippen molar-refractivity contribution in [3.8, 4) is 11.5 Å². The lowest BCUT2D eigenvalue weighted by molar-refractivity contribution is 0.0790. The molecule has 1 aliphatic rings. The number of carbonyl (C=O) groups excluding carboxylic acids is 2. The van der Waals surface area contributed by atoms with Crippen LogP contribution in [-0.2, 0) is 6.42 Å². The molecule has 0 bridgehead atoms. The Kier molecular flexibility index (Phi) is 4.15. The SMILES string of the molecule is COc1ccc(C(=O)C2CCc3cc(OC)ccc3C2=O)cc1. The molecule has 0 N–H and O–H groups in total. The second-order valence-electron chi connectivity index (χ2n) is 5.57. The summed E-state index contributed by atoms with van der Waals surface area (Å²) in [6, 6.07) is 12.3. The second kappa shape index (κ2) is 6.24. The third kappa shape index (κ3) is 2.84. The lowest BCUT2D eigenvalue weighted by Crippen LogP contribution is -2.29. The molecular formula is C19H18O4. The van der Waals surface area contributed by atoms with E-state index in [1.54, 1.807) is 50.6 Å². The van der Waals surface area contributed by atoms with E-state index in [0.29, 0.717) is 29.7 Å². The molecule has 1 unspecified atom stereocenters. The summed E-state index contributed by atoms with van der Waals surface area (Å²) in [6.07, 6.45) is 1.23. The van der Waals surface area contributed by atoms with Crippen LogP contribution in [0.3, 0.4) is 0 Å². The third-order valence-corrected chi connectivity index (χ3v) is 4.29. The van der Waals surface area contributed by atoms with Crippen LogP contribution < -0.4 is 9.47 Å². The highest BCUT2D eigenvalue weighted by Crippen LogP contribution is 2.30. The number of hydrogen-bond acceptors (Lipinski definition) is 4. The molecule has 0 saturated heterocycles. The molecule has 4 nitrogen and oxygen atoms in total. The fraction of sp³-hybridized carbons (Fsp3) is 0.263. The summed E-state index contributed by atoms with van der Waals surface area (Å²) in [5, 5.41) is 0. The van der Waals surface area contributed by atoms with Crippen LogP contribution >= 0.6 is 0 Å². The van der Waals surface area contributed by atoms with Crippen molar-refractivity contribution >= 4 is 11.6 Å². The van der Waals surface area contributed by atoms with E-state index in [1.807, 2.05) is 6.07 Å². The molecule has 0 heterocycles. The third-order valence-electron chi connectivity index (χ3n) is 4.29. The van der Waals surface area contributed by atoms with Crippen molar-refractivity contribution in [2.24, 2.45) is 5.92 Å². The van der Waals surface area contributed by atoms with Gasteiger partial charge in [0, 0.05) is 11.1 Å². The number of hydrogen-bond donors (Lipinski definition) is 0. The zero-order valence-electron chi connectivity index (χ0n) is 13.2. The maximum atomic E-state index is 12.7. The smallest absolute Gasteiger partial charge is 0.173 e. The summed E-state index contributed by atoms with van der Waals surface area (Å²) in [7, 11) is 3.18. The largest absolute Gasteiger partial charge is 0.497 e. The van der Waals surface area contributed by atoms with Crippen molar-refractivity contribution < 1.29 is 19.1 Å². The molecule has 2 aromatic rings. The van der Waals surface area contributed by atoms with E-state index in [1.165, 1.54) is 0 Å². The van der Waals surface area contributed by atoms with Gasteiger partial charge >= 0.3 is 0 Å². The van der Waals surface area contributed by atoms with Crippen LogP contribution in [0.1, 0.15) is 32.7 Å². The summed E-state index contributed by atoms with van der Waals surface area (Å²) in [4.78, 5) is 25.3. The van der Waals surface area contributed by atoms with Gasteiger partial charge < -0.3 is 9.47 Å². The van der Waals surface area contributed by atoms with Crippen LogP contribution in [0.2, 0.25) is 0 Å². The molecule has 0 saturated carbocycles.